The van der Waals surface area contributed by atoms with Crippen molar-refractivity contribution in [2.45, 2.75) is 18.8 Å². The highest BCUT2D eigenvalue weighted by Crippen LogP contribution is 2.38. The first kappa shape index (κ1) is 10.4. The SMILES string of the molecule is c1ccc(-c2noc(-c3nc(C4CC4)no3)n2)cc1. The van der Waals surface area contributed by atoms with E-state index in [9.17, 15) is 0 Å². The summed E-state index contributed by atoms with van der Waals surface area (Å²) >= 11 is 0. The highest BCUT2D eigenvalue weighted by Gasteiger charge is 2.30. The van der Waals surface area contributed by atoms with Crippen molar-refractivity contribution in [2.75, 3.05) is 0 Å². The smallest absolute Gasteiger partial charge is 0.316 e. The van der Waals surface area contributed by atoms with Crippen LogP contribution in [0, 0.1) is 0 Å². The molecule has 1 aliphatic rings. The molecule has 1 saturated carbocycles. The number of nitrogens with zero attached hydrogens (tertiary/aromatic N) is 4. The van der Waals surface area contributed by atoms with Gasteiger partial charge in [-0.2, -0.15) is 9.97 Å². The van der Waals surface area contributed by atoms with Crippen molar-refractivity contribution in [3.05, 3.63) is 36.2 Å². The van der Waals surface area contributed by atoms with Gasteiger partial charge in [0.2, 0.25) is 5.82 Å². The molecule has 4 rings (SSSR count). The van der Waals surface area contributed by atoms with Crippen molar-refractivity contribution >= 4 is 0 Å². The van der Waals surface area contributed by atoms with Gasteiger partial charge in [0.1, 0.15) is 0 Å². The minimum atomic E-state index is 0.262. The van der Waals surface area contributed by atoms with Crippen LogP contribution in [0.2, 0.25) is 0 Å². The first-order chi connectivity index (χ1) is 9.40. The second kappa shape index (κ2) is 4.01. The molecule has 0 amide bonds. The molecular weight excluding hydrogens is 244 g/mol. The van der Waals surface area contributed by atoms with Crippen LogP contribution in [-0.2, 0) is 0 Å². The summed E-state index contributed by atoms with van der Waals surface area (Å²) in [4.78, 5) is 8.55. The van der Waals surface area contributed by atoms with Gasteiger partial charge in [-0.05, 0) is 12.8 Å². The minimum absolute atomic E-state index is 0.262. The average Bonchev–Trinajstić information content (AvgIpc) is 3.01. The van der Waals surface area contributed by atoms with Crippen molar-refractivity contribution < 1.29 is 9.05 Å². The highest BCUT2D eigenvalue weighted by molar-refractivity contribution is 5.55. The molecule has 1 fully saturated rings. The molecule has 0 atom stereocenters. The molecule has 94 valence electrons. The van der Waals surface area contributed by atoms with Crippen LogP contribution in [0.5, 0.6) is 0 Å². The molecule has 6 nitrogen and oxygen atoms in total. The Morgan fingerprint density at radius 2 is 1.63 bits per heavy atom. The molecule has 6 heteroatoms. The van der Waals surface area contributed by atoms with Crippen LogP contribution in [-0.4, -0.2) is 20.3 Å². The van der Waals surface area contributed by atoms with Crippen molar-refractivity contribution in [1.82, 2.24) is 20.3 Å². The molecule has 0 radical (unpaired) electrons. The molecule has 19 heavy (non-hydrogen) atoms. The lowest BCUT2D eigenvalue weighted by Gasteiger charge is -1.89. The molecule has 1 aromatic carbocycles. The van der Waals surface area contributed by atoms with Gasteiger partial charge < -0.3 is 9.05 Å². The van der Waals surface area contributed by atoms with E-state index in [1.54, 1.807) is 0 Å². The molecule has 2 heterocycles. The molecule has 3 aromatic rings. The van der Waals surface area contributed by atoms with E-state index in [-0.39, 0.29) is 11.8 Å². The summed E-state index contributed by atoms with van der Waals surface area (Å²) < 4.78 is 10.3. The van der Waals surface area contributed by atoms with Gasteiger partial charge in [0.15, 0.2) is 5.82 Å². The zero-order chi connectivity index (χ0) is 12.7. The van der Waals surface area contributed by atoms with Crippen LogP contribution in [0.4, 0.5) is 0 Å². The third-order valence-corrected chi connectivity index (χ3v) is 3.03. The Morgan fingerprint density at radius 1 is 0.895 bits per heavy atom. The Hall–Kier alpha value is -2.50. The van der Waals surface area contributed by atoms with Gasteiger partial charge in [-0.15, -0.1) is 0 Å². The van der Waals surface area contributed by atoms with Gasteiger partial charge in [0.05, 0.1) is 0 Å². The number of hydrogen-bond acceptors (Lipinski definition) is 6. The lowest BCUT2D eigenvalue weighted by atomic mass is 10.2. The Morgan fingerprint density at radius 3 is 2.42 bits per heavy atom. The molecule has 0 aliphatic heterocycles. The second-order valence-corrected chi connectivity index (χ2v) is 4.52. The summed E-state index contributed by atoms with van der Waals surface area (Å²) in [5, 5.41) is 7.84. The fourth-order valence-electron chi connectivity index (χ4n) is 1.84. The number of benzene rings is 1. The zero-order valence-corrected chi connectivity index (χ0v) is 9.98. The van der Waals surface area contributed by atoms with Crippen LogP contribution in [0.1, 0.15) is 24.6 Å². The Labute approximate surface area is 108 Å². The second-order valence-electron chi connectivity index (χ2n) is 4.52. The zero-order valence-electron chi connectivity index (χ0n) is 9.98. The van der Waals surface area contributed by atoms with Crippen molar-refractivity contribution in [1.29, 1.82) is 0 Å². The third-order valence-electron chi connectivity index (χ3n) is 3.03. The average molecular weight is 254 g/mol. The predicted molar refractivity (Wildman–Crippen MR) is 65.0 cm³/mol. The van der Waals surface area contributed by atoms with E-state index in [0.717, 1.165) is 24.2 Å². The molecular formula is C13H10N4O2. The fourth-order valence-corrected chi connectivity index (χ4v) is 1.84. The largest absolute Gasteiger partial charge is 0.329 e. The van der Waals surface area contributed by atoms with E-state index in [1.165, 1.54) is 0 Å². The third kappa shape index (κ3) is 1.91. The van der Waals surface area contributed by atoms with Gasteiger partial charge in [-0.25, -0.2) is 0 Å². The maximum atomic E-state index is 5.16. The predicted octanol–water partition coefficient (Wildman–Crippen LogP) is 2.66. The molecule has 2 aromatic heterocycles. The normalized spacial score (nSPS) is 14.7. The first-order valence-corrected chi connectivity index (χ1v) is 6.13. The van der Waals surface area contributed by atoms with Crippen molar-refractivity contribution in [3.8, 4) is 23.2 Å². The summed E-state index contributed by atoms with van der Waals surface area (Å²) in [7, 11) is 0. The fraction of sp³-hybridized carbons (Fsp3) is 0.231. The van der Waals surface area contributed by atoms with Gasteiger partial charge >= 0.3 is 11.8 Å². The monoisotopic (exact) mass is 254 g/mol. The standard InChI is InChI=1S/C13H10N4O2/c1-2-4-8(5-3-1)10-14-12(18-16-10)13-15-11(17-19-13)9-6-7-9/h1-5,9H,6-7H2. The minimum Gasteiger partial charge on any atom is -0.329 e. The number of hydrogen-bond donors (Lipinski definition) is 0. The quantitative estimate of drug-likeness (QED) is 0.715. The van der Waals surface area contributed by atoms with Crippen LogP contribution in [0.3, 0.4) is 0 Å². The van der Waals surface area contributed by atoms with E-state index < -0.39 is 0 Å². The molecule has 0 saturated heterocycles. The summed E-state index contributed by atoms with van der Waals surface area (Å²) in [5.74, 6) is 2.24. The van der Waals surface area contributed by atoms with E-state index in [0.29, 0.717) is 11.7 Å². The molecule has 0 spiro atoms. The van der Waals surface area contributed by atoms with Gasteiger partial charge in [0.25, 0.3) is 0 Å². The van der Waals surface area contributed by atoms with Gasteiger partial charge in [-0.1, -0.05) is 40.6 Å². The first-order valence-electron chi connectivity index (χ1n) is 6.13. The van der Waals surface area contributed by atoms with E-state index >= 15 is 0 Å². The lowest BCUT2D eigenvalue weighted by Crippen LogP contribution is -1.83. The van der Waals surface area contributed by atoms with Crippen LogP contribution < -0.4 is 0 Å². The van der Waals surface area contributed by atoms with Crippen molar-refractivity contribution in [3.63, 3.8) is 0 Å². The Bertz CT molecular complexity index is 700. The van der Waals surface area contributed by atoms with Gasteiger partial charge in [-0.3, -0.25) is 0 Å². The van der Waals surface area contributed by atoms with E-state index in [4.69, 9.17) is 9.05 Å². The summed E-state index contributed by atoms with van der Waals surface area (Å²) in [6.45, 7) is 0. The Balaban J connectivity index is 1.66. The molecule has 0 bridgehead atoms. The summed E-state index contributed by atoms with van der Waals surface area (Å²) in [5.41, 5.74) is 0.888. The van der Waals surface area contributed by atoms with E-state index in [1.807, 2.05) is 30.3 Å². The highest BCUT2D eigenvalue weighted by atomic mass is 16.5. The maximum Gasteiger partial charge on any atom is 0.316 e. The maximum absolute atomic E-state index is 5.16. The van der Waals surface area contributed by atoms with Crippen LogP contribution >= 0.6 is 0 Å². The van der Waals surface area contributed by atoms with Crippen LogP contribution in [0.25, 0.3) is 23.2 Å². The number of aromatic nitrogens is 4. The summed E-state index contributed by atoms with van der Waals surface area (Å²) in [6, 6.07) is 9.60. The molecule has 0 N–H and O–H groups in total. The van der Waals surface area contributed by atoms with Gasteiger partial charge in [0, 0.05) is 11.5 Å². The topological polar surface area (TPSA) is 77.8 Å². The van der Waals surface area contributed by atoms with Crippen LogP contribution in [0.15, 0.2) is 39.4 Å². The number of rotatable bonds is 3. The molecule has 0 unspecified atom stereocenters. The Kier molecular flexibility index (Phi) is 2.20. The van der Waals surface area contributed by atoms with Crippen molar-refractivity contribution in [2.24, 2.45) is 0 Å². The lowest BCUT2D eigenvalue weighted by molar-refractivity contribution is 0.380. The molecule has 1 aliphatic carbocycles. The summed E-state index contributed by atoms with van der Waals surface area (Å²) in [6.07, 6.45) is 2.25. The van der Waals surface area contributed by atoms with E-state index in [2.05, 4.69) is 20.3 Å².